The number of carbonyl (C=O) groups is 2. The van der Waals surface area contributed by atoms with Gasteiger partial charge in [0.1, 0.15) is 10.6 Å². The van der Waals surface area contributed by atoms with Crippen LogP contribution >= 0.6 is 0 Å². The Labute approximate surface area is 151 Å². The minimum absolute atomic E-state index is 0.163. The van der Waals surface area contributed by atoms with Crippen molar-refractivity contribution in [2.75, 3.05) is 14.2 Å². The summed E-state index contributed by atoms with van der Waals surface area (Å²) in [7, 11) is -1.62. The van der Waals surface area contributed by atoms with E-state index >= 15 is 0 Å². The molecule has 0 aliphatic rings. The van der Waals surface area contributed by atoms with Crippen molar-refractivity contribution in [2.45, 2.75) is 4.90 Å². The maximum Gasteiger partial charge on any atom is 0.339 e. The molecule has 0 unspecified atom stereocenters. The second-order valence-electron chi connectivity index (χ2n) is 5.03. The van der Waals surface area contributed by atoms with Gasteiger partial charge in [-0.3, -0.25) is 4.79 Å². The Bertz CT molecular complexity index is 950. The van der Waals surface area contributed by atoms with E-state index in [2.05, 4.69) is 4.74 Å². The quantitative estimate of drug-likeness (QED) is 0.612. The third-order valence-electron chi connectivity index (χ3n) is 3.37. The predicted octanol–water partition coefficient (Wildman–Crippen LogP) is 2.00. The van der Waals surface area contributed by atoms with Crippen LogP contribution in [0.5, 0.6) is 5.75 Å². The highest BCUT2D eigenvalue weighted by Gasteiger charge is 2.23. The van der Waals surface area contributed by atoms with Crippen molar-refractivity contribution in [2.24, 2.45) is 0 Å². The molecule has 0 fully saturated rings. The Morgan fingerprint density at radius 1 is 1.00 bits per heavy atom. The number of rotatable bonds is 6. The van der Waals surface area contributed by atoms with E-state index in [0.717, 1.165) is 13.2 Å². The van der Waals surface area contributed by atoms with E-state index in [-0.39, 0.29) is 10.5 Å². The van der Waals surface area contributed by atoms with Gasteiger partial charge < -0.3 is 9.47 Å². The number of sulfonamides is 1. The van der Waals surface area contributed by atoms with Crippen LogP contribution in [-0.4, -0.2) is 34.5 Å². The van der Waals surface area contributed by atoms with Gasteiger partial charge in [-0.05, 0) is 24.3 Å². The summed E-state index contributed by atoms with van der Waals surface area (Å²) in [6.45, 7) is 0. The third-order valence-corrected chi connectivity index (χ3v) is 4.77. The lowest BCUT2D eigenvalue weighted by molar-refractivity contribution is -0.114. The first-order valence-electron chi connectivity index (χ1n) is 7.44. The second-order valence-corrected chi connectivity index (χ2v) is 6.68. The van der Waals surface area contributed by atoms with E-state index in [9.17, 15) is 18.0 Å². The summed E-state index contributed by atoms with van der Waals surface area (Å²) in [6.07, 6.45) is 2.49. The van der Waals surface area contributed by atoms with Gasteiger partial charge >= 0.3 is 5.97 Å². The molecule has 0 saturated heterocycles. The summed E-state index contributed by atoms with van der Waals surface area (Å²) in [4.78, 5) is 23.4. The topological polar surface area (TPSA) is 98.8 Å². The van der Waals surface area contributed by atoms with E-state index < -0.39 is 21.9 Å². The Balaban J connectivity index is 2.23. The van der Waals surface area contributed by atoms with Gasteiger partial charge in [0.05, 0.1) is 19.8 Å². The van der Waals surface area contributed by atoms with Crippen LogP contribution in [0.15, 0.2) is 59.5 Å². The number of methoxy groups -OCH3 is 2. The zero-order chi connectivity index (χ0) is 19.2. The first kappa shape index (κ1) is 19.2. The van der Waals surface area contributed by atoms with Gasteiger partial charge in [-0.2, -0.15) is 0 Å². The Morgan fingerprint density at radius 3 is 2.35 bits per heavy atom. The van der Waals surface area contributed by atoms with Crippen molar-refractivity contribution >= 4 is 28.0 Å². The number of para-hydroxylation sites is 1. The first-order chi connectivity index (χ1) is 12.4. The molecule has 0 atom stereocenters. The number of nitrogens with one attached hydrogen (secondary N) is 1. The molecule has 1 N–H and O–H groups in total. The molecule has 2 aromatic carbocycles. The van der Waals surface area contributed by atoms with Crippen LogP contribution in [-0.2, 0) is 19.6 Å². The fraction of sp³-hybridized carbons (Fsp3) is 0.111. The first-order valence-corrected chi connectivity index (χ1v) is 8.92. The highest BCUT2D eigenvalue weighted by molar-refractivity contribution is 7.90. The van der Waals surface area contributed by atoms with Gasteiger partial charge in [0.15, 0.2) is 0 Å². The summed E-state index contributed by atoms with van der Waals surface area (Å²) in [5, 5.41) is 0. The number of amides is 1. The molecule has 2 rings (SSSR count). The van der Waals surface area contributed by atoms with E-state index in [1.807, 2.05) is 4.72 Å². The van der Waals surface area contributed by atoms with Gasteiger partial charge in [-0.25, -0.2) is 17.9 Å². The van der Waals surface area contributed by atoms with Crippen molar-refractivity contribution in [3.8, 4) is 5.75 Å². The molecule has 0 spiro atoms. The van der Waals surface area contributed by atoms with Gasteiger partial charge in [0.2, 0.25) is 0 Å². The normalized spacial score (nSPS) is 11.2. The number of benzene rings is 2. The van der Waals surface area contributed by atoms with Crippen molar-refractivity contribution in [1.29, 1.82) is 0 Å². The number of ether oxygens (including phenoxy) is 2. The van der Waals surface area contributed by atoms with Gasteiger partial charge in [0.25, 0.3) is 15.9 Å². The SMILES string of the molecule is COC(=O)c1ccccc1S(=O)(=O)NC(=O)/C=C/c1ccccc1OC. The number of carbonyl (C=O) groups excluding carboxylic acids is 2. The molecule has 0 saturated carbocycles. The van der Waals surface area contributed by atoms with Gasteiger partial charge in [-0.1, -0.05) is 30.3 Å². The molecule has 0 aromatic heterocycles. The van der Waals surface area contributed by atoms with Gasteiger partial charge in [0, 0.05) is 11.6 Å². The molecule has 0 heterocycles. The molecule has 136 valence electrons. The lowest BCUT2D eigenvalue weighted by Gasteiger charge is -2.09. The highest BCUT2D eigenvalue weighted by atomic mass is 32.2. The maximum absolute atomic E-state index is 12.4. The lowest BCUT2D eigenvalue weighted by Crippen LogP contribution is -2.30. The smallest absolute Gasteiger partial charge is 0.339 e. The maximum atomic E-state index is 12.4. The minimum atomic E-state index is -4.25. The average Bonchev–Trinajstić information content (AvgIpc) is 2.65. The average molecular weight is 375 g/mol. The minimum Gasteiger partial charge on any atom is -0.496 e. The van der Waals surface area contributed by atoms with Crippen LogP contribution in [0.1, 0.15) is 15.9 Å². The number of hydrogen-bond acceptors (Lipinski definition) is 6. The number of esters is 1. The van der Waals surface area contributed by atoms with Gasteiger partial charge in [-0.15, -0.1) is 0 Å². The zero-order valence-electron chi connectivity index (χ0n) is 14.1. The molecule has 1 amide bonds. The molecule has 2 aromatic rings. The van der Waals surface area contributed by atoms with Crippen molar-refractivity contribution < 1.29 is 27.5 Å². The van der Waals surface area contributed by atoms with Crippen LogP contribution in [0.2, 0.25) is 0 Å². The molecule has 26 heavy (non-hydrogen) atoms. The molecule has 0 aliphatic carbocycles. The van der Waals surface area contributed by atoms with Crippen molar-refractivity contribution in [3.05, 3.63) is 65.7 Å². The molecule has 0 aliphatic heterocycles. The Morgan fingerprint density at radius 2 is 1.65 bits per heavy atom. The van der Waals surface area contributed by atoms with Crippen LogP contribution in [0.3, 0.4) is 0 Å². The Kier molecular flexibility index (Phi) is 6.13. The van der Waals surface area contributed by atoms with Crippen LogP contribution in [0.25, 0.3) is 6.08 Å². The molecule has 0 bridgehead atoms. The monoisotopic (exact) mass is 375 g/mol. The van der Waals surface area contributed by atoms with E-state index in [0.29, 0.717) is 11.3 Å². The van der Waals surface area contributed by atoms with E-state index in [1.165, 1.54) is 37.5 Å². The van der Waals surface area contributed by atoms with Crippen molar-refractivity contribution in [3.63, 3.8) is 0 Å². The molecule has 7 nitrogen and oxygen atoms in total. The third kappa shape index (κ3) is 4.48. The summed E-state index contributed by atoms with van der Waals surface area (Å²) in [6, 6.07) is 12.4. The van der Waals surface area contributed by atoms with E-state index in [1.54, 1.807) is 24.3 Å². The summed E-state index contributed by atoms with van der Waals surface area (Å²) in [5.74, 6) is -1.14. The summed E-state index contributed by atoms with van der Waals surface area (Å²) >= 11 is 0. The van der Waals surface area contributed by atoms with Crippen LogP contribution < -0.4 is 9.46 Å². The largest absolute Gasteiger partial charge is 0.496 e. The van der Waals surface area contributed by atoms with Crippen molar-refractivity contribution in [1.82, 2.24) is 4.72 Å². The zero-order valence-corrected chi connectivity index (χ0v) is 14.9. The molecule has 0 radical (unpaired) electrons. The number of hydrogen-bond donors (Lipinski definition) is 1. The van der Waals surface area contributed by atoms with Crippen LogP contribution in [0.4, 0.5) is 0 Å². The molecular formula is C18H17NO6S. The van der Waals surface area contributed by atoms with E-state index in [4.69, 9.17) is 4.74 Å². The molecular weight excluding hydrogens is 358 g/mol. The fourth-order valence-electron chi connectivity index (χ4n) is 2.17. The molecule has 8 heteroatoms. The Hall–Kier alpha value is -3.13. The van der Waals surface area contributed by atoms with Crippen LogP contribution in [0, 0.1) is 0 Å². The highest BCUT2D eigenvalue weighted by Crippen LogP contribution is 2.19. The fourth-order valence-corrected chi connectivity index (χ4v) is 3.31. The summed E-state index contributed by atoms with van der Waals surface area (Å²) in [5.41, 5.74) is 0.446. The lowest BCUT2D eigenvalue weighted by atomic mass is 10.2. The standard InChI is InChI=1S/C18H17NO6S/c1-24-15-9-5-3-7-13(15)11-12-17(20)19-26(22,23)16-10-6-4-8-14(16)18(21)25-2/h3-12H,1-2H3,(H,19,20)/b12-11+. The summed E-state index contributed by atoms with van der Waals surface area (Å²) < 4.78 is 36.5. The second kappa shape index (κ2) is 8.30. The predicted molar refractivity (Wildman–Crippen MR) is 95.1 cm³/mol.